The van der Waals surface area contributed by atoms with E-state index >= 15 is 0 Å². The van der Waals surface area contributed by atoms with Crippen molar-refractivity contribution in [3.63, 3.8) is 0 Å². The van der Waals surface area contributed by atoms with E-state index in [2.05, 4.69) is 10.3 Å². The second-order valence-corrected chi connectivity index (χ2v) is 6.27. The topological polar surface area (TPSA) is 55.1 Å². The quantitative estimate of drug-likeness (QED) is 0.609. The van der Waals surface area contributed by atoms with Crippen molar-refractivity contribution in [3.05, 3.63) is 70.7 Å². The van der Waals surface area contributed by atoms with E-state index in [0.717, 1.165) is 11.3 Å². The molecule has 0 unspecified atom stereocenters. The van der Waals surface area contributed by atoms with Gasteiger partial charge in [0.1, 0.15) is 0 Å². The maximum absolute atomic E-state index is 12.0. The summed E-state index contributed by atoms with van der Waals surface area (Å²) in [5.74, 6) is 1.22. The highest BCUT2D eigenvalue weighted by Gasteiger charge is 2.10. The zero-order valence-electron chi connectivity index (χ0n) is 13.3. The average Bonchev–Trinajstić information content (AvgIpc) is 3.09. The molecule has 1 N–H and O–H groups in total. The third kappa shape index (κ3) is 4.62. The molecule has 1 aromatic heterocycles. The monoisotopic (exact) mass is 374 g/mol. The first-order chi connectivity index (χ1) is 12.1. The number of hydrogen-bond acceptors (Lipinski definition) is 3. The van der Waals surface area contributed by atoms with E-state index in [9.17, 15) is 4.79 Å². The van der Waals surface area contributed by atoms with Gasteiger partial charge in [-0.2, -0.15) is 0 Å². The summed E-state index contributed by atoms with van der Waals surface area (Å²) in [7, 11) is 0. The van der Waals surface area contributed by atoms with Crippen LogP contribution in [0.4, 0.5) is 5.69 Å². The number of aromatic nitrogens is 1. The van der Waals surface area contributed by atoms with E-state index in [4.69, 9.17) is 27.6 Å². The van der Waals surface area contributed by atoms with Crippen LogP contribution in [0.15, 0.2) is 59.1 Å². The van der Waals surface area contributed by atoms with Crippen LogP contribution in [-0.2, 0) is 11.2 Å². The summed E-state index contributed by atoms with van der Waals surface area (Å²) in [5, 5.41) is 3.52. The lowest BCUT2D eigenvalue weighted by Crippen LogP contribution is -2.11. The molecule has 0 saturated heterocycles. The normalized spacial score (nSPS) is 10.6. The Hall–Kier alpha value is -2.30. The molecular weight excluding hydrogens is 359 g/mol. The number of hydrogen-bond donors (Lipinski definition) is 1. The number of amides is 1. The van der Waals surface area contributed by atoms with Crippen LogP contribution in [0.5, 0.6) is 0 Å². The molecule has 3 aromatic rings. The Bertz CT molecular complexity index is 863. The van der Waals surface area contributed by atoms with E-state index in [-0.39, 0.29) is 5.91 Å². The number of oxazole rings is 1. The fourth-order valence-corrected chi connectivity index (χ4v) is 2.72. The van der Waals surface area contributed by atoms with Crippen LogP contribution in [0.25, 0.3) is 11.3 Å². The Kier molecular flexibility index (Phi) is 5.74. The van der Waals surface area contributed by atoms with Crippen LogP contribution >= 0.6 is 23.2 Å². The Morgan fingerprint density at radius 3 is 2.68 bits per heavy atom. The van der Waals surface area contributed by atoms with Crippen molar-refractivity contribution in [1.82, 2.24) is 4.98 Å². The van der Waals surface area contributed by atoms with Crippen molar-refractivity contribution >= 4 is 34.8 Å². The van der Waals surface area contributed by atoms with Gasteiger partial charge < -0.3 is 9.73 Å². The number of anilines is 1. The SMILES string of the molecule is O=C(CCCc1ncc(-c2ccccc2)o1)Nc1cccc(Cl)c1Cl. The molecule has 1 amide bonds. The van der Waals surface area contributed by atoms with Crippen molar-refractivity contribution in [2.24, 2.45) is 0 Å². The summed E-state index contributed by atoms with van der Waals surface area (Å²) in [6, 6.07) is 14.9. The molecular formula is C19H16Cl2N2O2. The molecule has 1 heterocycles. The molecule has 0 aliphatic rings. The molecule has 0 aliphatic carbocycles. The Morgan fingerprint density at radius 2 is 1.88 bits per heavy atom. The van der Waals surface area contributed by atoms with Crippen molar-refractivity contribution < 1.29 is 9.21 Å². The number of nitrogens with zero attached hydrogens (tertiary/aromatic N) is 1. The number of nitrogens with one attached hydrogen (secondary N) is 1. The third-order valence-electron chi connectivity index (χ3n) is 3.63. The van der Waals surface area contributed by atoms with Gasteiger partial charge in [-0.05, 0) is 18.6 Å². The van der Waals surface area contributed by atoms with Crippen LogP contribution in [0.3, 0.4) is 0 Å². The number of benzene rings is 2. The van der Waals surface area contributed by atoms with Crippen LogP contribution in [0, 0.1) is 0 Å². The highest BCUT2D eigenvalue weighted by molar-refractivity contribution is 6.43. The van der Waals surface area contributed by atoms with Crippen molar-refractivity contribution in [2.75, 3.05) is 5.32 Å². The summed E-state index contributed by atoms with van der Waals surface area (Å²) < 4.78 is 5.72. The number of carbonyl (C=O) groups is 1. The maximum Gasteiger partial charge on any atom is 0.224 e. The van der Waals surface area contributed by atoms with Gasteiger partial charge in [-0.1, -0.05) is 59.6 Å². The molecule has 0 spiro atoms. The molecule has 4 nitrogen and oxygen atoms in total. The molecule has 0 saturated carbocycles. The van der Waals surface area contributed by atoms with E-state index in [1.54, 1.807) is 24.4 Å². The molecule has 0 fully saturated rings. The van der Waals surface area contributed by atoms with Gasteiger partial charge in [-0.15, -0.1) is 0 Å². The average molecular weight is 375 g/mol. The summed E-state index contributed by atoms with van der Waals surface area (Å²) in [5.41, 5.74) is 1.50. The highest BCUT2D eigenvalue weighted by Crippen LogP contribution is 2.29. The molecule has 3 rings (SSSR count). The molecule has 2 aromatic carbocycles. The lowest BCUT2D eigenvalue weighted by molar-refractivity contribution is -0.116. The molecule has 25 heavy (non-hydrogen) atoms. The number of halogens is 2. The standard InChI is InChI=1S/C19H16Cl2N2O2/c20-14-8-4-9-15(19(14)21)23-17(24)10-5-11-18-22-12-16(25-18)13-6-2-1-3-7-13/h1-4,6-9,12H,5,10-11H2,(H,23,24). The second-order valence-electron chi connectivity index (χ2n) is 5.49. The van der Waals surface area contributed by atoms with Gasteiger partial charge in [0.15, 0.2) is 11.7 Å². The van der Waals surface area contributed by atoms with Gasteiger partial charge in [0.05, 0.1) is 21.9 Å². The predicted octanol–water partition coefficient (Wildman–Crippen LogP) is 5.61. The van der Waals surface area contributed by atoms with Crippen LogP contribution in [-0.4, -0.2) is 10.9 Å². The summed E-state index contributed by atoms with van der Waals surface area (Å²) in [6.07, 6.45) is 3.25. The van der Waals surface area contributed by atoms with Gasteiger partial charge in [-0.25, -0.2) is 4.98 Å². The smallest absolute Gasteiger partial charge is 0.224 e. The summed E-state index contributed by atoms with van der Waals surface area (Å²) >= 11 is 12.0. The van der Waals surface area contributed by atoms with Gasteiger partial charge >= 0.3 is 0 Å². The van der Waals surface area contributed by atoms with E-state index in [1.165, 1.54) is 0 Å². The van der Waals surface area contributed by atoms with Crippen LogP contribution in [0.1, 0.15) is 18.7 Å². The van der Waals surface area contributed by atoms with E-state index in [0.29, 0.717) is 40.9 Å². The Balaban J connectivity index is 1.50. The molecule has 0 radical (unpaired) electrons. The number of carbonyl (C=O) groups excluding carboxylic acids is 1. The van der Waals surface area contributed by atoms with Gasteiger partial charge in [-0.3, -0.25) is 4.79 Å². The molecule has 6 heteroatoms. The Labute approximate surface area is 155 Å². The molecule has 0 bridgehead atoms. The minimum atomic E-state index is -0.126. The lowest BCUT2D eigenvalue weighted by atomic mass is 10.2. The van der Waals surface area contributed by atoms with Gasteiger partial charge in [0.25, 0.3) is 0 Å². The van der Waals surface area contributed by atoms with Crippen molar-refractivity contribution in [3.8, 4) is 11.3 Å². The predicted molar refractivity (Wildman–Crippen MR) is 100.0 cm³/mol. The minimum Gasteiger partial charge on any atom is -0.441 e. The second kappa shape index (κ2) is 8.19. The highest BCUT2D eigenvalue weighted by atomic mass is 35.5. The zero-order valence-corrected chi connectivity index (χ0v) is 14.8. The number of aryl methyl sites for hydroxylation is 1. The maximum atomic E-state index is 12.0. The van der Waals surface area contributed by atoms with Gasteiger partial charge in [0, 0.05) is 18.4 Å². The van der Waals surface area contributed by atoms with Crippen molar-refractivity contribution in [1.29, 1.82) is 0 Å². The largest absolute Gasteiger partial charge is 0.441 e. The fraction of sp³-hybridized carbons (Fsp3) is 0.158. The first-order valence-corrected chi connectivity index (χ1v) is 8.63. The van der Waals surface area contributed by atoms with Crippen LogP contribution < -0.4 is 5.32 Å². The summed E-state index contributed by atoms with van der Waals surface area (Å²) in [4.78, 5) is 16.3. The molecule has 0 atom stereocenters. The molecule has 0 aliphatic heterocycles. The van der Waals surface area contributed by atoms with Gasteiger partial charge in [0.2, 0.25) is 5.91 Å². The Morgan fingerprint density at radius 1 is 1.08 bits per heavy atom. The summed E-state index contributed by atoms with van der Waals surface area (Å²) in [6.45, 7) is 0. The van der Waals surface area contributed by atoms with Crippen LogP contribution in [0.2, 0.25) is 10.0 Å². The zero-order chi connectivity index (χ0) is 17.6. The first kappa shape index (κ1) is 17.5. The molecule has 128 valence electrons. The fourth-order valence-electron chi connectivity index (χ4n) is 2.37. The van der Waals surface area contributed by atoms with E-state index < -0.39 is 0 Å². The van der Waals surface area contributed by atoms with Crippen molar-refractivity contribution in [2.45, 2.75) is 19.3 Å². The lowest BCUT2D eigenvalue weighted by Gasteiger charge is -2.07. The first-order valence-electron chi connectivity index (χ1n) is 7.87. The minimum absolute atomic E-state index is 0.126. The third-order valence-corrected chi connectivity index (χ3v) is 4.45. The number of rotatable bonds is 6. The van der Waals surface area contributed by atoms with E-state index in [1.807, 2.05) is 30.3 Å².